The molecule has 1 amide bonds. The Labute approximate surface area is 273 Å². The van der Waals surface area contributed by atoms with E-state index >= 15 is 0 Å². The molecule has 45 heavy (non-hydrogen) atoms. The van der Waals surface area contributed by atoms with Gasteiger partial charge in [0.25, 0.3) is 0 Å². The summed E-state index contributed by atoms with van der Waals surface area (Å²) in [6.07, 6.45) is 6.42. The molecule has 0 heterocycles. The first-order chi connectivity index (χ1) is 21.2. The predicted octanol–water partition coefficient (Wildman–Crippen LogP) is 8.09. The lowest BCUT2D eigenvalue weighted by Crippen LogP contribution is -2.49. The zero-order valence-electron chi connectivity index (χ0n) is 28.6. The highest BCUT2D eigenvalue weighted by molar-refractivity contribution is 6.32. The molecule has 3 unspecified atom stereocenters. The summed E-state index contributed by atoms with van der Waals surface area (Å²) in [6.45, 7) is 14.9. The molecule has 2 aromatic rings. The third kappa shape index (κ3) is 13.2. The highest BCUT2D eigenvalue weighted by Crippen LogP contribution is 2.35. The first-order valence-corrected chi connectivity index (χ1v) is 18.1. The number of carboxylic acids is 1. The van der Waals surface area contributed by atoms with E-state index < -0.39 is 39.4 Å². The van der Waals surface area contributed by atoms with Gasteiger partial charge in [-0.15, -0.1) is 0 Å². The molecule has 0 spiro atoms. The van der Waals surface area contributed by atoms with Crippen LogP contribution in [0, 0.1) is 17.8 Å². The van der Waals surface area contributed by atoms with Gasteiger partial charge in [-0.3, -0.25) is 4.79 Å². The minimum Gasteiger partial charge on any atom is -0.489 e. The Kier molecular flexibility index (Phi) is 14.0. The van der Waals surface area contributed by atoms with E-state index in [1.165, 1.54) is 19.3 Å². The zero-order chi connectivity index (χ0) is 33.0. The van der Waals surface area contributed by atoms with E-state index in [4.69, 9.17) is 13.9 Å². The number of nitrogens with one attached hydrogen (secondary N) is 1. The molecule has 250 valence electrons. The number of benzene rings is 2. The summed E-state index contributed by atoms with van der Waals surface area (Å²) in [6, 6.07) is 17.4. The Hall–Kier alpha value is -2.84. The maximum Gasteiger partial charge on any atom is 0.407 e. The number of amides is 1. The number of carbonyl (C=O) groups is 2. The third-order valence-corrected chi connectivity index (χ3v) is 11.4. The van der Waals surface area contributed by atoms with E-state index in [1.807, 2.05) is 75.4 Å². The summed E-state index contributed by atoms with van der Waals surface area (Å²) in [4.78, 5) is 25.8. The second-order valence-electron chi connectivity index (χ2n) is 14.9. The van der Waals surface area contributed by atoms with Gasteiger partial charge in [0.05, 0.1) is 18.1 Å². The lowest BCUT2D eigenvalue weighted by molar-refractivity contribution is -0.142. The number of ether oxygens (including phenoxy) is 2. The molecule has 3 rings (SSSR count). The van der Waals surface area contributed by atoms with Crippen LogP contribution in [-0.2, 0) is 27.0 Å². The van der Waals surface area contributed by atoms with E-state index in [1.54, 1.807) is 0 Å². The highest BCUT2D eigenvalue weighted by Gasteiger charge is 2.35. The smallest absolute Gasteiger partial charge is 0.407 e. The van der Waals surface area contributed by atoms with Crippen molar-refractivity contribution in [2.45, 2.75) is 129 Å². The molecule has 1 aliphatic carbocycles. The Balaban J connectivity index is 1.80. The van der Waals surface area contributed by atoms with Gasteiger partial charge >= 0.3 is 12.1 Å². The van der Waals surface area contributed by atoms with Gasteiger partial charge in [-0.2, -0.15) is 0 Å². The molecule has 8 heteroatoms. The molecule has 0 bridgehead atoms. The van der Waals surface area contributed by atoms with Gasteiger partial charge in [-0.1, -0.05) is 102 Å². The van der Waals surface area contributed by atoms with Gasteiger partial charge < -0.3 is 24.3 Å². The van der Waals surface area contributed by atoms with Crippen molar-refractivity contribution in [1.82, 2.24) is 5.32 Å². The van der Waals surface area contributed by atoms with E-state index in [0.29, 0.717) is 31.3 Å². The fourth-order valence-electron chi connectivity index (χ4n) is 5.68. The Morgan fingerprint density at radius 2 is 1.58 bits per heavy atom. The van der Waals surface area contributed by atoms with Crippen LogP contribution in [-0.4, -0.2) is 44.7 Å². The summed E-state index contributed by atoms with van der Waals surface area (Å²) >= 11 is 0. The average molecular weight is 640 g/mol. The van der Waals surface area contributed by atoms with Gasteiger partial charge in [-0.05, 0) is 80.2 Å². The second-order valence-corrected chi connectivity index (χ2v) is 17.3. The van der Waals surface area contributed by atoms with E-state index in [-0.39, 0.29) is 11.1 Å². The van der Waals surface area contributed by atoms with E-state index in [2.05, 4.69) is 33.0 Å². The normalized spacial score (nSPS) is 16.8. The van der Waals surface area contributed by atoms with Gasteiger partial charge in [0.1, 0.15) is 18.0 Å². The van der Waals surface area contributed by atoms with Crippen molar-refractivity contribution < 1.29 is 28.6 Å². The van der Waals surface area contributed by atoms with Crippen LogP contribution in [0.4, 0.5) is 4.79 Å². The first kappa shape index (κ1) is 36.6. The van der Waals surface area contributed by atoms with E-state index in [0.717, 1.165) is 36.1 Å². The molecule has 2 aromatic carbocycles. The lowest BCUT2D eigenvalue weighted by Gasteiger charge is -2.37. The number of carboxylic acid groups (broad SMARTS) is 1. The summed E-state index contributed by atoms with van der Waals surface area (Å²) < 4.78 is 18.4. The molecule has 1 saturated carbocycles. The van der Waals surface area contributed by atoms with Crippen LogP contribution in [0.1, 0.15) is 105 Å². The van der Waals surface area contributed by atoms with Crippen LogP contribution in [0.5, 0.6) is 5.75 Å². The van der Waals surface area contributed by atoms with Gasteiger partial charge in [0.15, 0.2) is 9.76 Å². The summed E-state index contributed by atoms with van der Waals surface area (Å²) in [7, 11) is -1.08. The molecule has 0 saturated heterocycles. The standard InChI is InChI=1S/C37H57NO6Si/c1-26(2)37(6,7)45-44-33(32(23-27-14-10-8-11-15-27)38-35(41)43-36(3,4)5)24-30(34(39)40)22-28-18-20-31(21-19-28)42-25-29-16-12-9-13-17-29/h9,12-13,16-21,26-27,30,32-33H,8,10-11,14-15,22-25,45H2,1-7H3,(H,38,41)(H,39,40). The predicted molar refractivity (Wildman–Crippen MR) is 183 cm³/mol. The molecule has 0 radical (unpaired) electrons. The van der Waals surface area contributed by atoms with Crippen LogP contribution >= 0.6 is 0 Å². The molecule has 2 N–H and O–H groups in total. The SMILES string of the molecule is CC(C)C(C)(C)[SiH2]OC(CC(Cc1ccc(OCc2ccccc2)cc1)C(=O)O)C(CC1CCCCC1)NC(=O)OC(C)(C)C. The maximum absolute atomic E-state index is 13.1. The molecule has 3 atom stereocenters. The number of aliphatic carboxylic acids is 1. The zero-order valence-corrected chi connectivity index (χ0v) is 30.1. The van der Waals surface area contributed by atoms with Gasteiger partial charge in [0, 0.05) is 0 Å². The molecule has 1 fully saturated rings. The van der Waals surface area contributed by atoms with Crippen LogP contribution in [0.3, 0.4) is 0 Å². The summed E-state index contributed by atoms with van der Waals surface area (Å²) in [5.41, 5.74) is 1.38. The highest BCUT2D eigenvalue weighted by atomic mass is 28.2. The maximum atomic E-state index is 13.1. The Morgan fingerprint density at radius 1 is 0.933 bits per heavy atom. The summed E-state index contributed by atoms with van der Waals surface area (Å²) in [5.74, 6) is 0.115. The van der Waals surface area contributed by atoms with Gasteiger partial charge in [0.2, 0.25) is 0 Å². The summed E-state index contributed by atoms with van der Waals surface area (Å²) in [5, 5.41) is 13.6. The number of hydrogen-bond donors (Lipinski definition) is 2. The fourth-order valence-corrected chi connectivity index (χ4v) is 7.03. The number of rotatable bonds is 16. The average Bonchev–Trinajstić information content (AvgIpc) is 2.98. The van der Waals surface area contributed by atoms with Crippen molar-refractivity contribution in [1.29, 1.82) is 0 Å². The monoisotopic (exact) mass is 639 g/mol. The molecular weight excluding hydrogens is 582 g/mol. The number of alkyl carbamates (subject to hydrolysis) is 1. The van der Waals surface area contributed by atoms with Crippen molar-refractivity contribution in [3.63, 3.8) is 0 Å². The first-order valence-electron chi connectivity index (χ1n) is 16.8. The van der Waals surface area contributed by atoms with Crippen LogP contribution in [0.15, 0.2) is 54.6 Å². The van der Waals surface area contributed by atoms with Crippen LogP contribution in [0.2, 0.25) is 5.04 Å². The topological polar surface area (TPSA) is 94.1 Å². The van der Waals surface area contributed by atoms with Crippen molar-refractivity contribution >= 4 is 21.8 Å². The van der Waals surface area contributed by atoms with Crippen LogP contribution < -0.4 is 10.1 Å². The van der Waals surface area contributed by atoms with E-state index in [9.17, 15) is 14.7 Å². The van der Waals surface area contributed by atoms with Crippen molar-refractivity contribution in [3.8, 4) is 5.75 Å². The minimum atomic E-state index is -1.08. The molecule has 1 aliphatic rings. The Bertz CT molecular complexity index is 1170. The molecule has 0 aromatic heterocycles. The fraction of sp³-hybridized carbons (Fsp3) is 0.622. The van der Waals surface area contributed by atoms with Crippen molar-refractivity contribution in [2.24, 2.45) is 17.8 Å². The Morgan fingerprint density at radius 3 is 2.16 bits per heavy atom. The molecule has 7 nitrogen and oxygen atoms in total. The largest absolute Gasteiger partial charge is 0.489 e. The van der Waals surface area contributed by atoms with Gasteiger partial charge in [-0.25, -0.2) is 4.79 Å². The van der Waals surface area contributed by atoms with Crippen molar-refractivity contribution in [2.75, 3.05) is 0 Å². The minimum absolute atomic E-state index is 0.0217. The third-order valence-electron chi connectivity index (χ3n) is 9.22. The lowest BCUT2D eigenvalue weighted by atomic mass is 9.82. The quantitative estimate of drug-likeness (QED) is 0.180. The number of hydrogen-bond acceptors (Lipinski definition) is 5. The molecule has 0 aliphatic heterocycles. The van der Waals surface area contributed by atoms with Crippen LogP contribution in [0.25, 0.3) is 0 Å². The second kappa shape index (κ2) is 17.2. The van der Waals surface area contributed by atoms with Crippen molar-refractivity contribution in [3.05, 3.63) is 65.7 Å². The molecular formula is C37H57NO6Si. The number of carbonyl (C=O) groups excluding carboxylic acids is 1.